The van der Waals surface area contributed by atoms with Gasteiger partial charge < -0.3 is 19.9 Å². The number of halogens is 2. The number of nitrogens with zero attached hydrogens (tertiary/aromatic N) is 4. The van der Waals surface area contributed by atoms with Gasteiger partial charge in [-0.25, -0.2) is 13.8 Å². The molecule has 9 heteroatoms. The molecule has 0 fully saturated rings. The molecule has 1 unspecified atom stereocenters. The highest BCUT2D eigenvalue weighted by Crippen LogP contribution is 2.15. The molecule has 0 saturated heterocycles. The van der Waals surface area contributed by atoms with Crippen LogP contribution in [0.25, 0.3) is 0 Å². The molecule has 0 radical (unpaired) electrons. The van der Waals surface area contributed by atoms with Crippen LogP contribution in [-0.2, 0) is 18.3 Å². The van der Waals surface area contributed by atoms with Gasteiger partial charge in [-0.15, -0.1) is 10.2 Å². The molecular formula is C19H28F2N6O. The number of aliphatic imine (C=N–C) groups is 1. The largest absolute Gasteiger partial charge is 0.382 e. The molecule has 1 atom stereocenters. The summed E-state index contributed by atoms with van der Waals surface area (Å²) >= 11 is 0. The first-order valence-electron chi connectivity index (χ1n) is 9.34. The molecule has 0 aliphatic heterocycles. The van der Waals surface area contributed by atoms with E-state index in [1.807, 2.05) is 32.4 Å². The summed E-state index contributed by atoms with van der Waals surface area (Å²) in [7, 11) is 1.88. The zero-order valence-electron chi connectivity index (χ0n) is 16.8. The van der Waals surface area contributed by atoms with Crippen molar-refractivity contribution in [1.29, 1.82) is 0 Å². The van der Waals surface area contributed by atoms with E-state index in [4.69, 9.17) is 4.74 Å². The van der Waals surface area contributed by atoms with E-state index in [9.17, 15) is 8.78 Å². The molecule has 7 nitrogen and oxygen atoms in total. The monoisotopic (exact) mass is 394 g/mol. The average molecular weight is 394 g/mol. The van der Waals surface area contributed by atoms with Gasteiger partial charge in [0.05, 0.1) is 6.04 Å². The highest BCUT2D eigenvalue weighted by Gasteiger charge is 2.12. The maximum absolute atomic E-state index is 13.5. The molecule has 28 heavy (non-hydrogen) atoms. The van der Waals surface area contributed by atoms with E-state index in [1.165, 1.54) is 6.07 Å². The quantitative estimate of drug-likeness (QED) is 0.388. The van der Waals surface area contributed by atoms with E-state index in [2.05, 4.69) is 25.8 Å². The molecule has 0 aliphatic rings. The molecule has 1 heterocycles. The summed E-state index contributed by atoms with van der Waals surface area (Å²) in [5, 5.41) is 14.6. The summed E-state index contributed by atoms with van der Waals surface area (Å²) in [5.74, 6) is 0.350. The number of aryl methyl sites for hydroxylation is 1. The molecule has 2 N–H and O–H groups in total. The van der Waals surface area contributed by atoms with Crippen LogP contribution >= 0.6 is 0 Å². The van der Waals surface area contributed by atoms with Crippen LogP contribution in [0.15, 0.2) is 23.2 Å². The van der Waals surface area contributed by atoms with Crippen molar-refractivity contribution in [3.8, 4) is 0 Å². The standard InChI is InChI=1S/C19H28F2N6O/c1-5-28-10-6-9-22-19(23-12-18-26-25-14(3)27(18)4)24-13(2)15-7-8-16(20)17(21)11-15/h7-8,11,13H,5-6,9-10,12H2,1-4H3,(H2,22,23,24). The van der Waals surface area contributed by atoms with Crippen LogP contribution in [0.4, 0.5) is 8.78 Å². The van der Waals surface area contributed by atoms with Gasteiger partial charge in [0, 0.05) is 26.8 Å². The van der Waals surface area contributed by atoms with Crippen LogP contribution in [0.3, 0.4) is 0 Å². The Bertz CT molecular complexity index is 793. The van der Waals surface area contributed by atoms with Gasteiger partial charge in [0.2, 0.25) is 0 Å². The zero-order chi connectivity index (χ0) is 20.5. The molecular weight excluding hydrogens is 366 g/mol. The van der Waals surface area contributed by atoms with Crippen LogP contribution in [0.5, 0.6) is 0 Å². The van der Waals surface area contributed by atoms with E-state index in [0.29, 0.717) is 37.8 Å². The van der Waals surface area contributed by atoms with Crippen LogP contribution < -0.4 is 10.6 Å². The minimum atomic E-state index is -0.871. The third-order valence-corrected chi connectivity index (χ3v) is 4.32. The van der Waals surface area contributed by atoms with E-state index in [1.54, 1.807) is 6.07 Å². The first-order chi connectivity index (χ1) is 13.4. The van der Waals surface area contributed by atoms with Gasteiger partial charge in [-0.3, -0.25) is 0 Å². The first kappa shape index (κ1) is 21.7. The van der Waals surface area contributed by atoms with Gasteiger partial charge >= 0.3 is 0 Å². The first-order valence-corrected chi connectivity index (χ1v) is 9.34. The smallest absolute Gasteiger partial charge is 0.192 e. The predicted octanol–water partition coefficient (Wildman–Crippen LogP) is 2.62. The number of nitrogens with one attached hydrogen (secondary N) is 2. The van der Waals surface area contributed by atoms with E-state index >= 15 is 0 Å². The van der Waals surface area contributed by atoms with Crippen molar-refractivity contribution < 1.29 is 13.5 Å². The lowest BCUT2D eigenvalue weighted by atomic mass is 10.1. The fourth-order valence-electron chi connectivity index (χ4n) is 2.49. The normalized spacial score (nSPS) is 12.9. The van der Waals surface area contributed by atoms with Crippen molar-refractivity contribution in [3.63, 3.8) is 0 Å². The summed E-state index contributed by atoms with van der Waals surface area (Å²) < 4.78 is 33.9. The van der Waals surface area contributed by atoms with Gasteiger partial charge in [-0.2, -0.15) is 0 Å². The molecule has 2 aromatic rings. The second kappa shape index (κ2) is 10.7. The van der Waals surface area contributed by atoms with Crippen LogP contribution in [0.1, 0.15) is 43.5 Å². The molecule has 1 aromatic heterocycles. The molecule has 0 spiro atoms. The Morgan fingerprint density at radius 2 is 2.07 bits per heavy atom. The minimum Gasteiger partial charge on any atom is -0.382 e. The van der Waals surface area contributed by atoms with E-state index in [0.717, 1.165) is 24.1 Å². The van der Waals surface area contributed by atoms with Crippen LogP contribution in [-0.4, -0.2) is 40.5 Å². The second-order valence-electron chi connectivity index (χ2n) is 6.40. The van der Waals surface area contributed by atoms with Gasteiger partial charge in [0.15, 0.2) is 23.4 Å². The number of hydrogen-bond donors (Lipinski definition) is 2. The van der Waals surface area contributed by atoms with E-state index in [-0.39, 0.29) is 6.04 Å². The van der Waals surface area contributed by atoms with Crippen molar-refractivity contribution in [3.05, 3.63) is 47.0 Å². The molecule has 0 aliphatic carbocycles. The lowest BCUT2D eigenvalue weighted by molar-refractivity contribution is 0.145. The lowest BCUT2D eigenvalue weighted by Gasteiger charge is -2.19. The zero-order valence-corrected chi connectivity index (χ0v) is 16.8. The highest BCUT2D eigenvalue weighted by atomic mass is 19.2. The number of rotatable bonds is 9. The Hall–Kier alpha value is -2.55. The molecule has 0 amide bonds. The van der Waals surface area contributed by atoms with Gasteiger partial charge in [0.25, 0.3) is 0 Å². The van der Waals surface area contributed by atoms with Crippen molar-refractivity contribution in [1.82, 2.24) is 25.4 Å². The fraction of sp³-hybridized carbons (Fsp3) is 0.526. The van der Waals surface area contributed by atoms with Crippen molar-refractivity contribution in [2.24, 2.45) is 12.0 Å². The summed E-state index contributed by atoms with van der Waals surface area (Å²) in [6.07, 6.45) is 0.817. The Labute approximate surface area is 164 Å². The number of aromatic nitrogens is 3. The number of guanidine groups is 1. The maximum Gasteiger partial charge on any atom is 0.192 e. The Morgan fingerprint density at radius 1 is 1.29 bits per heavy atom. The Morgan fingerprint density at radius 3 is 2.71 bits per heavy atom. The summed E-state index contributed by atoms with van der Waals surface area (Å²) in [6, 6.07) is 3.59. The predicted molar refractivity (Wildman–Crippen MR) is 104 cm³/mol. The number of ether oxygens (including phenoxy) is 1. The third-order valence-electron chi connectivity index (χ3n) is 4.32. The van der Waals surface area contributed by atoms with Gasteiger partial charge in [-0.05, 0) is 44.9 Å². The van der Waals surface area contributed by atoms with Crippen molar-refractivity contribution >= 4 is 5.96 Å². The summed E-state index contributed by atoms with van der Waals surface area (Å²) in [5.41, 5.74) is 0.622. The van der Waals surface area contributed by atoms with Gasteiger partial charge in [-0.1, -0.05) is 6.07 Å². The van der Waals surface area contributed by atoms with Crippen molar-refractivity contribution in [2.45, 2.75) is 39.8 Å². The minimum absolute atomic E-state index is 0.269. The fourth-order valence-corrected chi connectivity index (χ4v) is 2.49. The molecule has 0 saturated carbocycles. The van der Waals surface area contributed by atoms with Crippen LogP contribution in [0, 0.1) is 18.6 Å². The second-order valence-corrected chi connectivity index (χ2v) is 6.40. The molecule has 2 rings (SSSR count). The van der Waals surface area contributed by atoms with E-state index < -0.39 is 11.6 Å². The Kier molecular flexibility index (Phi) is 8.31. The number of benzene rings is 1. The topological polar surface area (TPSA) is 76.4 Å². The Balaban J connectivity index is 2.06. The highest BCUT2D eigenvalue weighted by molar-refractivity contribution is 5.80. The summed E-state index contributed by atoms with van der Waals surface area (Å²) in [6.45, 7) is 8.01. The SMILES string of the molecule is CCOCCCNC(=NCc1nnc(C)n1C)NC(C)c1ccc(F)c(F)c1. The van der Waals surface area contributed by atoms with Gasteiger partial charge in [0.1, 0.15) is 12.4 Å². The molecule has 1 aromatic carbocycles. The molecule has 0 bridgehead atoms. The number of hydrogen-bond acceptors (Lipinski definition) is 4. The molecule has 154 valence electrons. The van der Waals surface area contributed by atoms with Crippen molar-refractivity contribution in [2.75, 3.05) is 19.8 Å². The maximum atomic E-state index is 13.5. The average Bonchev–Trinajstić information content (AvgIpc) is 2.99. The van der Waals surface area contributed by atoms with Crippen LogP contribution in [0.2, 0.25) is 0 Å². The summed E-state index contributed by atoms with van der Waals surface area (Å²) in [4.78, 5) is 4.55. The lowest BCUT2D eigenvalue weighted by Crippen LogP contribution is -2.39. The third kappa shape index (κ3) is 6.26.